The summed E-state index contributed by atoms with van der Waals surface area (Å²) in [5.74, 6) is 0.184. The molecule has 3 nitrogen and oxygen atoms in total. The lowest BCUT2D eigenvalue weighted by molar-refractivity contribution is -0.0498. The van der Waals surface area contributed by atoms with Gasteiger partial charge in [0, 0.05) is 12.1 Å². The van der Waals surface area contributed by atoms with Crippen LogP contribution in [0.1, 0.15) is 18.9 Å². The lowest BCUT2D eigenvalue weighted by atomic mass is 9.93. The largest absolute Gasteiger partial charge is 0.435 e. The molecule has 3 N–H and O–H groups in total. The summed E-state index contributed by atoms with van der Waals surface area (Å²) in [5, 5.41) is 3.19. The molecule has 0 aliphatic heterocycles. The summed E-state index contributed by atoms with van der Waals surface area (Å²) in [6, 6.07) is 6.70. The third kappa shape index (κ3) is 4.58. The number of hydrogen-bond donors (Lipinski definition) is 2. The maximum Gasteiger partial charge on any atom is 0.387 e. The molecule has 1 atom stereocenters. The first kappa shape index (κ1) is 14.9. The van der Waals surface area contributed by atoms with Crippen LogP contribution in [0, 0.1) is 0 Å². The molecular formula is C13H20F2N2O. The van der Waals surface area contributed by atoms with Crippen LogP contribution in [-0.4, -0.2) is 25.7 Å². The molecule has 0 bridgehead atoms. The number of halogens is 2. The number of rotatable bonds is 7. The number of likely N-dealkylation sites (N-methyl/N-ethyl adjacent to an activating group) is 1. The average molecular weight is 258 g/mol. The van der Waals surface area contributed by atoms with Crippen molar-refractivity contribution in [1.82, 2.24) is 5.32 Å². The van der Waals surface area contributed by atoms with Gasteiger partial charge in [0.15, 0.2) is 0 Å². The van der Waals surface area contributed by atoms with Crippen molar-refractivity contribution >= 4 is 0 Å². The van der Waals surface area contributed by atoms with E-state index in [-0.39, 0.29) is 11.3 Å². The van der Waals surface area contributed by atoms with E-state index in [9.17, 15) is 8.78 Å². The first-order valence-electron chi connectivity index (χ1n) is 5.92. The number of ether oxygens (including phenoxy) is 1. The maximum absolute atomic E-state index is 12.0. The van der Waals surface area contributed by atoms with Gasteiger partial charge in [0.25, 0.3) is 0 Å². The van der Waals surface area contributed by atoms with Gasteiger partial charge < -0.3 is 15.8 Å². The molecule has 0 aromatic heterocycles. The molecule has 0 amide bonds. The normalized spacial score (nSPS) is 14.6. The highest BCUT2D eigenvalue weighted by Gasteiger charge is 2.19. The van der Waals surface area contributed by atoms with Crippen molar-refractivity contribution < 1.29 is 13.5 Å². The predicted octanol–water partition coefficient (Wildman–Crippen LogP) is 2.16. The lowest BCUT2D eigenvalue weighted by Gasteiger charge is -2.27. The van der Waals surface area contributed by atoms with Crippen molar-refractivity contribution in [3.8, 4) is 5.75 Å². The second-order valence-electron chi connectivity index (χ2n) is 4.54. The Labute approximate surface area is 106 Å². The van der Waals surface area contributed by atoms with Crippen molar-refractivity contribution in [2.45, 2.75) is 31.9 Å². The van der Waals surface area contributed by atoms with E-state index < -0.39 is 6.61 Å². The molecule has 1 unspecified atom stereocenters. The van der Waals surface area contributed by atoms with Gasteiger partial charge >= 0.3 is 6.61 Å². The average Bonchev–Trinajstić information content (AvgIpc) is 2.37. The van der Waals surface area contributed by atoms with Crippen molar-refractivity contribution in [3.63, 3.8) is 0 Å². The van der Waals surface area contributed by atoms with E-state index in [1.165, 1.54) is 0 Å². The van der Waals surface area contributed by atoms with E-state index in [0.717, 1.165) is 18.4 Å². The van der Waals surface area contributed by atoms with Crippen LogP contribution in [0.3, 0.4) is 0 Å². The summed E-state index contributed by atoms with van der Waals surface area (Å²) in [4.78, 5) is 0. The van der Waals surface area contributed by atoms with Gasteiger partial charge in [-0.15, -0.1) is 0 Å². The Morgan fingerprint density at radius 1 is 1.33 bits per heavy atom. The Bertz CT molecular complexity index is 351. The van der Waals surface area contributed by atoms with Crippen molar-refractivity contribution in [2.75, 3.05) is 13.6 Å². The monoisotopic (exact) mass is 258 g/mol. The first-order chi connectivity index (χ1) is 8.49. The Balaban J connectivity index is 2.53. The van der Waals surface area contributed by atoms with Crippen LogP contribution in [0.5, 0.6) is 5.75 Å². The highest BCUT2D eigenvalue weighted by molar-refractivity contribution is 5.27. The van der Waals surface area contributed by atoms with Gasteiger partial charge in [0.2, 0.25) is 0 Å². The van der Waals surface area contributed by atoms with Gasteiger partial charge in [-0.3, -0.25) is 0 Å². The van der Waals surface area contributed by atoms with Crippen LogP contribution in [-0.2, 0) is 6.42 Å². The number of benzene rings is 1. The minimum atomic E-state index is -2.78. The van der Waals surface area contributed by atoms with Gasteiger partial charge in [0.05, 0.1) is 0 Å². The summed E-state index contributed by atoms with van der Waals surface area (Å²) < 4.78 is 28.2. The molecule has 18 heavy (non-hydrogen) atoms. The van der Waals surface area contributed by atoms with Crippen LogP contribution in [0.25, 0.3) is 0 Å². The van der Waals surface area contributed by atoms with Crippen LogP contribution in [0.4, 0.5) is 8.78 Å². The molecule has 0 aliphatic carbocycles. The maximum atomic E-state index is 12.0. The van der Waals surface area contributed by atoms with Crippen LogP contribution in [0.2, 0.25) is 0 Å². The third-order valence-corrected chi connectivity index (χ3v) is 3.17. The van der Waals surface area contributed by atoms with Gasteiger partial charge in [-0.05, 0) is 44.5 Å². The third-order valence-electron chi connectivity index (χ3n) is 3.17. The minimum Gasteiger partial charge on any atom is -0.435 e. The highest BCUT2D eigenvalue weighted by Crippen LogP contribution is 2.18. The summed E-state index contributed by atoms with van der Waals surface area (Å²) >= 11 is 0. The Morgan fingerprint density at radius 3 is 2.39 bits per heavy atom. The number of aryl methyl sites for hydroxylation is 1. The molecule has 0 spiro atoms. The summed E-state index contributed by atoms with van der Waals surface area (Å²) in [7, 11) is 1.88. The first-order valence-corrected chi connectivity index (χ1v) is 5.92. The van der Waals surface area contributed by atoms with E-state index in [0.29, 0.717) is 6.54 Å². The fourth-order valence-electron chi connectivity index (χ4n) is 1.59. The Hall–Kier alpha value is -1.20. The molecule has 1 aromatic rings. The van der Waals surface area contributed by atoms with E-state index in [1.807, 2.05) is 7.05 Å². The van der Waals surface area contributed by atoms with E-state index in [1.54, 1.807) is 24.3 Å². The zero-order valence-electron chi connectivity index (χ0n) is 10.7. The quantitative estimate of drug-likeness (QED) is 0.788. The molecule has 0 fully saturated rings. The zero-order valence-corrected chi connectivity index (χ0v) is 10.7. The molecule has 0 aliphatic rings. The molecule has 1 rings (SSSR count). The number of nitrogens with two attached hydrogens (primary N) is 1. The SMILES string of the molecule is CNC(C)(CN)CCc1ccc(OC(F)F)cc1. The molecule has 0 saturated carbocycles. The summed E-state index contributed by atoms with van der Waals surface area (Å²) in [5.41, 5.74) is 6.67. The van der Waals surface area contributed by atoms with Gasteiger partial charge in [-0.2, -0.15) is 8.78 Å². The van der Waals surface area contributed by atoms with Crippen LogP contribution >= 0.6 is 0 Å². The minimum absolute atomic E-state index is 0.0991. The number of hydrogen-bond acceptors (Lipinski definition) is 3. The molecule has 0 radical (unpaired) electrons. The molecule has 1 aromatic carbocycles. The fraction of sp³-hybridized carbons (Fsp3) is 0.538. The van der Waals surface area contributed by atoms with E-state index >= 15 is 0 Å². The zero-order chi connectivity index (χ0) is 13.6. The number of alkyl halides is 2. The van der Waals surface area contributed by atoms with Crippen LogP contribution in [0.15, 0.2) is 24.3 Å². The molecular weight excluding hydrogens is 238 g/mol. The topological polar surface area (TPSA) is 47.3 Å². The van der Waals surface area contributed by atoms with Crippen molar-refractivity contribution in [1.29, 1.82) is 0 Å². The van der Waals surface area contributed by atoms with E-state index in [4.69, 9.17) is 5.73 Å². The second-order valence-corrected chi connectivity index (χ2v) is 4.54. The molecule has 0 saturated heterocycles. The summed E-state index contributed by atoms with van der Waals surface area (Å²) in [6.45, 7) is -0.169. The van der Waals surface area contributed by atoms with Gasteiger partial charge in [0.1, 0.15) is 5.75 Å². The molecule has 102 valence electrons. The highest BCUT2D eigenvalue weighted by atomic mass is 19.3. The van der Waals surface area contributed by atoms with Crippen molar-refractivity contribution in [3.05, 3.63) is 29.8 Å². The Kier molecular flexibility index (Phi) is 5.50. The van der Waals surface area contributed by atoms with Crippen molar-refractivity contribution in [2.24, 2.45) is 5.73 Å². The lowest BCUT2D eigenvalue weighted by Crippen LogP contribution is -2.46. The molecule has 5 heteroatoms. The summed E-state index contributed by atoms with van der Waals surface area (Å²) in [6.07, 6.45) is 1.72. The second kappa shape index (κ2) is 6.66. The fourth-order valence-corrected chi connectivity index (χ4v) is 1.59. The van der Waals surface area contributed by atoms with Gasteiger partial charge in [-0.25, -0.2) is 0 Å². The predicted molar refractivity (Wildman–Crippen MR) is 67.9 cm³/mol. The van der Waals surface area contributed by atoms with Crippen LogP contribution < -0.4 is 15.8 Å². The van der Waals surface area contributed by atoms with Gasteiger partial charge in [-0.1, -0.05) is 12.1 Å². The van der Waals surface area contributed by atoms with E-state index in [2.05, 4.69) is 17.0 Å². The standard InChI is InChI=1S/C13H20F2N2O/c1-13(9-16,17-2)8-7-10-3-5-11(6-4-10)18-12(14)15/h3-6,12,17H,7-9,16H2,1-2H3. The number of nitrogens with one attached hydrogen (secondary N) is 1. The Morgan fingerprint density at radius 2 is 1.94 bits per heavy atom. The smallest absolute Gasteiger partial charge is 0.387 e. The molecule has 0 heterocycles.